The molecule has 3 rings (SSSR count). The fourth-order valence-electron chi connectivity index (χ4n) is 2.92. The number of nitrogens with zero attached hydrogens (tertiary/aromatic N) is 2. The molecule has 0 atom stereocenters. The number of halogens is 1. The van der Waals surface area contributed by atoms with E-state index in [1.165, 1.54) is 6.08 Å². The van der Waals surface area contributed by atoms with E-state index in [4.69, 9.17) is 16.3 Å². The average molecular weight is 386 g/mol. The molecule has 1 fully saturated rings. The molecule has 1 aliphatic rings. The molecule has 0 saturated carbocycles. The lowest BCUT2D eigenvalue weighted by molar-refractivity contribution is -0.111. The number of morpholine rings is 1. The number of nitrogens with one attached hydrogen (secondary N) is 1. The molecule has 1 N–H and O–H groups in total. The molecule has 0 unspecified atom stereocenters. The van der Waals surface area contributed by atoms with Gasteiger partial charge in [-0.3, -0.25) is 4.79 Å². The fourth-order valence-corrected chi connectivity index (χ4v) is 3.09. The van der Waals surface area contributed by atoms with E-state index < -0.39 is 0 Å². The standard InChI is InChI=1S/C21H24ClN3O2/c1-24(2)18-7-3-16(4-8-18)5-10-21(26)23-19-15-17(22)6-9-20(19)25-11-13-27-14-12-25/h3-10,15H,11-14H2,1-2H3,(H,23,26)/b10-5+. The van der Waals surface area contributed by atoms with E-state index in [9.17, 15) is 4.79 Å². The highest BCUT2D eigenvalue weighted by molar-refractivity contribution is 6.31. The second-order valence-electron chi connectivity index (χ2n) is 6.57. The molecule has 1 aliphatic heterocycles. The van der Waals surface area contributed by atoms with Gasteiger partial charge in [0.25, 0.3) is 0 Å². The number of carbonyl (C=O) groups excluding carboxylic acids is 1. The number of rotatable bonds is 5. The maximum atomic E-state index is 12.4. The molecule has 2 aromatic carbocycles. The zero-order chi connectivity index (χ0) is 19.2. The summed E-state index contributed by atoms with van der Waals surface area (Å²) in [6, 6.07) is 13.6. The van der Waals surface area contributed by atoms with Gasteiger partial charge in [0, 0.05) is 44.0 Å². The average Bonchev–Trinajstić information content (AvgIpc) is 2.67. The second-order valence-corrected chi connectivity index (χ2v) is 7.01. The van der Waals surface area contributed by atoms with Crippen LogP contribution in [0.4, 0.5) is 17.1 Å². The third-order valence-corrected chi connectivity index (χ3v) is 4.64. The van der Waals surface area contributed by atoms with Crippen LogP contribution in [0, 0.1) is 0 Å². The summed E-state index contributed by atoms with van der Waals surface area (Å²) in [5.41, 5.74) is 3.75. The van der Waals surface area contributed by atoms with Gasteiger partial charge in [0.15, 0.2) is 0 Å². The molecule has 1 heterocycles. The zero-order valence-electron chi connectivity index (χ0n) is 15.6. The van der Waals surface area contributed by atoms with Crippen LogP contribution in [0.1, 0.15) is 5.56 Å². The number of benzene rings is 2. The van der Waals surface area contributed by atoms with Gasteiger partial charge in [0.2, 0.25) is 5.91 Å². The first-order valence-corrected chi connectivity index (χ1v) is 9.29. The molecule has 0 aromatic heterocycles. The third-order valence-electron chi connectivity index (χ3n) is 4.40. The van der Waals surface area contributed by atoms with Crippen molar-refractivity contribution < 1.29 is 9.53 Å². The van der Waals surface area contributed by atoms with Gasteiger partial charge in [-0.25, -0.2) is 0 Å². The van der Waals surface area contributed by atoms with Gasteiger partial charge in [-0.1, -0.05) is 23.7 Å². The Morgan fingerprint density at radius 2 is 1.85 bits per heavy atom. The molecule has 0 radical (unpaired) electrons. The number of carbonyl (C=O) groups is 1. The molecule has 142 valence electrons. The highest BCUT2D eigenvalue weighted by atomic mass is 35.5. The van der Waals surface area contributed by atoms with Crippen molar-refractivity contribution in [1.29, 1.82) is 0 Å². The van der Waals surface area contributed by atoms with Crippen LogP contribution in [-0.2, 0) is 9.53 Å². The first-order valence-electron chi connectivity index (χ1n) is 8.91. The first kappa shape index (κ1) is 19.3. The lowest BCUT2D eigenvalue weighted by Crippen LogP contribution is -2.36. The summed E-state index contributed by atoms with van der Waals surface area (Å²) in [5, 5.41) is 3.54. The Labute approximate surface area is 165 Å². The van der Waals surface area contributed by atoms with E-state index in [0.29, 0.717) is 23.9 Å². The summed E-state index contributed by atoms with van der Waals surface area (Å²) in [5.74, 6) is -0.191. The van der Waals surface area contributed by atoms with Crippen LogP contribution in [-0.4, -0.2) is 46.3 Å². The van der Waals surface area contributed by atoms with Gasteiger partial charge in [-0.15, -0.1) is 0 Å². The Balaban J connectivity index is 1.70. The van der Waals surface area contributed by atoms with E-state index in [-0.39, 0.29) is 5.91 Å². The van der Waals surface area contributed by atoms with E-state index in [1.807, 2.05) is 55.4 Å². The molecular weight excluding hydrogens is 362 g/mol. The van der Waals surface area contributed by atoms with Gasteiger partial charge < -0.3 is 19.9 Å². The Hall–Kier alpha value is -2.50. The Morgan fingerprint density at radius 1 is 1.15 bits per heavy atom. The highest BCUT2D eigenvalue weighted by Gasteiger charge is 2.16. The molecular formula is C21H24ClN3O2. The molecule has 0 aliphatic carbocycles. The largest absolute Gasteiger partial charge is 0.378 e. The maximum Gasteiger partial charge on any atom is 0.248 e. The van der Waals surface area contributed by atoms with Crippen LogP contribution in [0.2, 0.25) is 5.02 Å². The van der Waals surface area contributed by atoms with Crippen LogP contribution in [0.3, 0.4) is 0 Å². The SMILES string of the molecule is CN(C)c1ccc(/C=C/C(=O)Nc2cc(Cl)ccc2N2CCOCC2)cc1. The summed E-state index contributed by atoms with van der Waals surface area (Å²) in [6.07, 6.45) is 3.34. The third kappa shape index (κ3) is 5.25. The van der Waals surface area contributed by atoms with Crippen molar-refractivity contribution in [3.63, 3.8) is 0 Å². The summed E-state index contributed by atoms with van der Waals surface area (Å²) in [4.78, 5) is 16.6. The molecule has 2 aromatic rings. The highest BCUT2D eigenvalue weighted by Crippen LogP contribution is 2.30. The van der Waals surface area contributed by atoms with Crippen LogP contribution in [0.5, 0.6) is 0 Å². The minimum absolute atomic E-state index is 0.191. The molecule has 1 saturated heterocycles. The summed E-state index contributed by atoms with van der Waals surface area (Å²) >= 11 is 6.14. The minimum atomic E-state index is -0.191. The van der Waals surface area contributed by atoms with Crippen molar-refractivity contribution >= 4 is 40.6 Å². The number of hydrogen-bond donors (Lipinski definition) is 1. The van der Waals surface area contributed by atoms with Crippen molar-refractivity contribution in [3.8, 4) is 0 Å². The topological polar surface area (TPSA) is 44.8 Å². The monoisotopic (exact) mass is 385 g/mol. The summed E-state index contributed by atoms with van der Waals surface area (Å²) in [7, 11) is 3.99. The molecule has 0 bridgehead atoms. The van der Waals surface area contributed by atoms with E-state index >= 15 is 0 Å². The van der Waals surface area contributed by atoms with Crippen LogP contribution in [0.15, 0.2) is 48.5 Å². The molecule has 1 amide bonds. The van der Waals surface area contributed by atoms with Gasteiger partial charge in [0.05, 0.1) is 24.6 Å². The second kappa shape index (κ2) is 8.93. The van der Waals surface area contributed by atoms with Crippen molar-refractivity contribution in [2.45, 2.75) is 0 Å². The predicted molar refractivity (Wildman–Crippen MR) is 113 cm³/mol. The summed E-state index contributed by atoms with van der Waals surface area (Å²) in [6.45, 7) is 2.94. The Kier molecular flexibility index (Phi) is 6.37. The lowest BCUT2D eigenvalue weighted by Gasteiger charge is -2.30. The van der Waals surface area contributed by atoms with Crippen LogP contribution < -0.4 is 15.1 Å². The van der Waals surface area contributed by atoms with Gasteiger partial charge >= 0.3 is 0 Å². The van der Waals surface area contributed by atoms with Crippen LogP contribution >= 0.6 is 11.6 Å². The van der Waals surface area contributed by atoms with Crippen LogP contribution in [0.25, 0.3) is 6.08 Å². The minimum Gasteiger partial charge on any atom is -0.378 e. The number of anilines is 3. The Bertz CT molecular complexity index is 813. The quantitative estimate of drug-likeness (QED) is 0.793. The van der Waals surface area contributed by atoms with Gasteiger partial charge in [0.1, 0.15) is 0 Å². The van der Waals surface area contributed by atoms with Crippen molar-refractivity contribution in [3.05, 3.63) is 59.1 Å². The van der Waals surface area contributed by atoms with Gasteiger partial charge in [-0.2, -0.15) is 0 Å². The molecule has 6 heteroatoms. The van der Waals surface area contributed by atoms with Crippen molar-refractivity contribution in [1.82, 2.24) is 0 Å². The number of amides is 1. The lowest BCUT2D eigenvalue weighted by atomic mass is 10.2. The fraction of sp³-hybridized carbons (Fsp3) is 0.286. The van der Waals surface area contributed by atoms with Crippen molar-refractivity contribution in [2.24, 2.45) is 0 Å². The van der Waals surface area contributed by atoms with Crippen molar-refractivity contribution in [2.75, 3.05) is 55.5 Å². The Morgan fingerprint density at radius 3 is 2.52 bits per heavy atom. The predicted octanol–water partition coefficient (Wildman–Crippen LogP) is 3.89. The molecule has 0 spiro atoms. The molecule has 27 heavy (non-hydrogen) atoms. The van der Waals surface area contributed by atoms with E-state index in [2.05, 4.69) is 10.2 Å². The smallest absolute Gasteiger partial charge is 0.248 e. The number of ether oxygens (including phenoxy) is 1. The zero-order valence-corrected chi connectivity index (χ0v) is 16.4. The van der Waals surface area contributed by atoms with Gasteiger partial charge in [-0.05, 0) is 42.0 Å². The first-order chi connectivity index (χ1) is 13.0. The number of hydrogen-bond acceptors (Lipinski definition) is 4. The molecule has 5 nitrogen and oxygen atoms in total. The van der Waals surface area contributed by atoms with E-state index in [0.717, 1.165) is 30.0 Å². The normalized spacial score (nSPS) is 14.4. The summed E-state index contributed by atoms with van der Waals surface area (Å²) < 4.78 is 5.41. The maximum absolute atomic E-state index is 12.4. The van der Waals surface area contributed by atoms with E-state index in [1.54, 1.807) is 12.1 Å².